The van der Waals surface area contributed by atoms with E-state index >= 15 is 0 Å². The summed E-state index contributed by atoms with van der Waals surface area (Å²) in [6.07, 6.45) is 0. The van der Waals surface area contributed by atoms with Crippen LogP contribution in [0, 0.1) is 0 Å². The standard InChI is InChI=1S/C11H13NO3/c1-4-15-9-5-10(7(2)13)12-11(6-9)8(3)14/h5-6H,4H2,1-3H3. The van der Waals surface area contributed by atoms with E-state index in [0.717, 1.165) is 0 Å². The molecule has 0 bridgehead atoms. The first-order valence-electron chi connectivity index (χ1n) is 4.71. The van der Waals surface area contributed by atoms with Crippen LogP contribution in [-0.2, 0) is 0 Å². The van der Waals surface area contributed by atoms with Gasteiger partial charge in [-0.2, -0.15) is 0 Å². The van der Waals surface area contributed by atoms with E-state index in [2.05, 4.69) is 4.98 Å². The smallest absolute Gasteiger partial charge is 0.178 e. The lowest BCUT2D eigenvalue weighted by molar-refractivity contribution is 0.100. The number of Topliss-reactive ketones (excluding diaryl/α,β-unsaturated/α-hetero) is 2. The van der Waals surface area contributed by atoms with Crippen LogP contribution in [0.1, 0.15) is 41.7 Å². The summed E-state index contributed by atoms with van der Waals surface area (Å²) in [6.45, 7) is 5.13. The number of carbonyl (C=O) groups is 2. The second kappa shape index (κ2) is 4.68. The fourth-order valence-corrected chi connectivity index (χ4v) is 1.12. The maximum atomic E-state index is 11.1. The summed E-state index contributed by atoms with van der Waals surface area (Å²) in [5.74, 6) is 0.140. The van der Waals surface area contributed by atoms with E-state index in [-0.39, 0.29) is 23.0 Å². The van der Waals surface area contributed by atoms with Gasteiger partial charge in [-0.05, 0) is 6.92 Å². The normalized spacial score (nSPS) is 9.80. The van der Waals surface area contributed by atoms with Crippen molar-refractivity contribution in [2.24, 2.45) is 0 Å². The largest absolute Gasteiger partial charge is 0.494 e. The van der Waals surface area contributed by atoms with Crippen LogP contribution in [0.25, 0.3) is 0 Å². The Morgan fingerprint density at radius 2 is 1.67 bits per heavy atom. The SMILES string of the molecule is CCOc1cc(C(C)=O)nc(C(C)=O)c1. The Bertz CT molecular complexity index is 367. The predicted molar refractivity (Wildman–Crippen MR) is 55.4 cm³/mol. The summed E-state index contributed by atoms with van der Waals surface area (Å²) in [4.78, 5) is 26.2. The Morgan fingerprint density at radius 1 is 1.20 bits per heavy atom. The van der Waals surface area contributed by atoms with Gasteiger partial charge in [0.1, 0.15) is 17.1 Å². The zero-order valence-electron chi connectivity index (χ0n) is 9.03. The van der Waals surface area contributed by atoms with Crippen LogP contribution in [0.4, 0.5) is 0 Å². The number of nitrogens with zero attached hydrogens (tertiary/aromatic N) is 1. The van der Waals surface area contributed by atoms with Gasteiger partial charge in [0.05, 0.1) is 6.61 Å². The number of hydrogen-bond acceptors (Lipinski definition) is 4. The Hall–Kier alpha value is -1.71. The van der Waals surface area contributed by atoms with E-state index < -0.39 is 0 Å². The highest BCUT2D eigenvalue weighted by atomic mass is 16.5. The number of ether oxygens (including phenoxy) is 1. The number of hydrogen-bond donors (Lipinski definition) is 0. The van der Waals surface area contributed by atoms with Crippen LogP contribution in [-0.4, -0.2) is 23.2 Å². The molecule has 0 N–H and O–H groups in total. The highest BCUT2D eigenvalue weighted by Crippen LogP contribution is 2.15. The quantitative estimate of drug-likeness (QED) is 0.707. The minimum absolute atomic E-state index is 0.181. The van der Waals surface area contributed by atoms with Gasteiger partial charge in [0.2, 0.25) is 0 Å². The molecule has 0 spiro atoms. The molecule has 1 rings (SSSR count). The number of rotatable bonds is 4. The van der Waals surface area contributed by atoms with E-state index in [0.29, 0.717) is 12.4 Å². The molecule has 4 heteroatoms. The van der Waals surface area contributed by atoms with Gasteiger partial charge in [0, 0.05) is 26.0 Å². The summed E-state index contributed by atoms with van der Waals surface area (Å²) in [7, 11) is 0. The van der Waals surface area contributed by atoms with Gasteiger partial charge in [0.15, 0.2) is 11.6 Å². The molecule has 0 aromatic carbocycles. The molecule has 0 fully saturated rings. The second-order valence-corrected chi connectivity index (χ2v) is 3.12. The fourth-order valence-electron chi connectivity index (χ4n) is 1.12. The molecule has 0 aliphatic carbocycles. The molecule has 0 aliphatic heterocycles. The van der Waals surface area contributed by atoms with E-state index in [4.69, 9.17) is 4.74 Å². The van der Waals surface area contributed by atoms with Crippen LogP contribution in [0.15, 0.2) is 12.1 Å². The van der Waals surface area contributed by atoms with Crippen molar-refractivity contribution in [3.05, 3.63) is 23.5 Å². The van der Waals surface area contributed by atoms with Crippen molar-refractivity contribution in [2.75, 3.05) is 6.61 Å². The third-order valence-electron chi connectivity index (χ3n) is 1.83. The lowest BCUT2D eigenvalue weighted by Gasteiger charge is -2.06. The van der Waals surface area contributed by atoms with E-state index in [9.17, 15) is 9.59 Å². The second-order valence-electron chi connectivity index (χ2n) is 3.12. The minimum atomic E-state index is -0.181. The molecule has 0 saturated heterocycles. The highest BCUT2D eigenvalue weighted by Gasteiger charge is 2.09. The molecule has 80 valence electrons. The molecular weight excluding hydrogens is 194 g/mol. The fraction of sp³-hybridized carbons (Fsp3) is 0.364. The minimum Gasteiger partial charge on any atom is -0.494 e. The molecule has 4 nitrogen and oxygen atoms in total. The molecule has 0 saturated carbocycles. The maximum Gasteiger partial charge on any atom is 0.178 e. The summed E-state index contributed by atoms with van der Waals surface area (Å²) in [6, 6.07) is 3.08. The topological polar surface area (TPSA) is 56.3 Å². The summed E-state index contributed by atoms with van der Waals surface area (Å²) in [5, 5.41) is 0. The molecule has 1 aromatic rings. The molecule has 0 aliphatic rings. The van der Waals surface area contributed by atoms with Crippen molar-refractivity contribution in [1.29, 1.82) is 0 Å². The van der Waals surface area contributed by atoms with Crippen molar-refractivity contribution in [3.8, 4) is 5.75 Å². The van der Waals surface area contributed by atoms with Gasteiger partial charge < -0.3 is 4.74 Å². The molecule has 0 atom stereocenters. The number of pyridine rings is 1. The zero-order chi connectivity index (χ0) is 11.4. The van der Waals surface area contributed by atoms with E-state index in [1.807, 2.05) is 6.92 Å². The maximum absolute atomic E-state index is 11.1. The third-order valence-corrected chi connectivity index (χ3v) is 1.83. The predicted octanol–water partition coefficient (Wildman–Crippen LogP) is 1.89. The number of aromatic nitrogens is 1. The molecule has 0 unspecified atom stereocenters. The van der Waals surface area contributed by atoms with Crippen LogP contribution < -0.4 is 4.74 Å². The van der Waals surface area contributed by atoms with Gasteiger partial charge in [0.25, 0.3) is 0 Å². The third kappa shape index (κ3) is 2.87. The molecule has 15 heavy (non-hydrogen) atoms. The van der Waals surface area contributed by atoms with Gasteiger partial charge in [-0.3, -0.25) is 9.59 Å². The average molecular weight is 207 g/mol. The first kappa shape index (κ1) is 11.4. The van der Waals surface area contributed by atoms with Crippen LogP contribution in [0.3, 0.4) is 0 Å². The van der Waals surface area contributed by atoms with Gasteiger partial charge >= 0.3 is 0 Å². The van der Waals surface area contributed by atoms with Crippen LogP contribution >= 0.6 is 0 Å². The molecule has 0 amide bonds. The molecule has 1 aromatic heterocycles. The molecule has 1 heterocycles. The Kier molecular flexibility index (Phi) is 3.55. The highest BCUT2D eigenvalue weighted by molar-refractivity contribution is 5.96. The lowest BCUT2D eigenvalue weighted by atomic mass is 10.2. The van der Waals surface area contributed by atoms with Crippen LogP contribution in [0.2, 0.25) is 0 Å². The first-order chi connectivity index (χ1) is 7.04. The van der Waals surface area contributed by atoms with Crippen molar-refractivity contribution >= 4 is 11.6 Å². The van der Waals surface area contributed by atoms with Crippen molar-refractivity contribution in [2.45, 2.75) is 20.8 Å². The van der Waals surface area contributed by atoms with E-state index in [1.54, 1.807) is 0 Å². The van der Waals surface area contributed by atoms with E-state index in [1.165, 1.54) is 26.0 Å². The summed E-state index contributed by atoms with van der Waals surface area (Å²) < 4.78 is 5.24. The number of carbonyl (C=O) groups excluding carboxylic acids is 2. The summed E-state index contributed by atoms with van der Waals surface area (Å²) >= 11 is 0. The Morgan fingerprint density at radius 3 is 2.00 bits per heavy atom. The Balaban J connectivity index is 3.19. The molecular formula is C11H13NO3. The lowest BCUT2D eigenvalue weighted by Crippen LogP contribution is -2.05. The van der Waals surface area contributed by atoms with Gasteiger partial charge in [-0.25, -0.2) is 4.98 Å². The van der Waals surface area contributed by atoms with Crippen molar-refractivity contribution in [1.82, 2.24) is 4.98 Å². The van der Waals surface area contributed by atoms with Crippen LogP contribution in [0.5, 0.6) is 5.75 Å². The average Bonchev–Trinajstić information content (AvgIpc) is 2.17. The molecule has 0 radical (unpaired) electrons. The Labute approximate surface area is 88.3 Å². The zero-order valence-corrected chi connectivity index (χ0v) is 9.03. The monoisotopic (exact) mass is 207 g/mol. The van der Waals surface area contributed by atoms with Gasteiger partial charge in [-0.1, -0.05) is 0 Å². The summed E-state index contributed by atoms with van der Waals surface area (Å²) in [5.41, 5.74) is 0.511. The van der Waals surface area contributed by atoms with Crippen molar-refractivity contribution < 1.29 is 14.3 Å². The van der Waals surface area contributed by atoms with Crippen molar-refractivity contribution in [3.63, 3.8) is 0 Å². The van der Waals surface area contributed by atoms with Gasteiger partial charge in [-0.15, -0.1) is 0 Å². The number of ketones is 2. The first-order valence-corrected chi connectivity index (χ1v) is 4.71.